The van der Waals surface area contributed by atoms with Gasteiger partial charge in [0.1, 0.15) is 5.75 Å². The summed E-state index contributed by atoms with van der Waals surface area (Å²) < 4.78 is 5.79. The van der Waals surface area contributed by atoms with Crippen LogP contribution >= 0.6 is 0 Å². The van der Waals surface area contributed by atoms with Crippen molar-refractivity contribution in [3.05, 3.63) is 59.9 Å². The van der Waals surface area contributed by atoms with Gasteiger partial charge in [0, 0.05) is 18.9 Å². The van der Waals surface area contributed by atoms with Crippen LogP contribution in [-0.2, 0) is 17.8 Å². The fraction of sp³-hybridized carbons (Fsp3) is 0.333. The molecule has 0 saturated heterocycles. The average Bonchev–Trinajstić information content (AvgIpc) is 2.59. The first-order chi connectivity index (χ1) is 10.7. The van der Waals surface area contributed by atoms with E-state index < -0.39 is 6.10 Å². The Hall–Kier alpha value is -2.36. The molecule has 1 unspecified atom stereocenters. The average molecular weight is 298 g/mol. The molecule has 2 rings (SSSR count). The second kappa shape index (κ2) is 8.17. The van der Waals surface area contributed by atoms with E-state index in [2.05, 4.69) is 17.2 Å². The van der Waals surface area contributed by atoms with Gasteiger partial charge in [0.05, 0.1) is 0 Å². The normalized spacial score (nSPS) is 11.7. The molecule has 0 bridgehead atoms. The van der Waals surface area contributed by atoms with Crippen LogP contribution in [0.15, 0.2) is 48.8 Å². The number of aromatic nitrogens is 1. The molecule has 0 saturated carbocycles. The molecule has 2 aromatic rings. The largest absolute Gasteiger partial charge is 0.481 e. The summed E-state index contributed by atoms with van der Waals surface area (Å²) in [6.07, 6.45) is 4.56. The lowest BCUT2D eigenvalue weighted by Crippen LogP contribution is -2.37. The highest BCUT2D eigenvalue weighted by Crippen LogP contribution is 2.15. The van der Waals surface area contributed by atoms with Gasteiger partial charge in [-0.15, -0.1) is 0 Å². The number of nitrogens with one attached hydrogen (secondary N) is 1. The number of hydrogen-bond donors (Lipinski definition) is 1. The van der Waals surface area contributed by atoms with Crippen LogP contribution in [0.5, 0.6) is 5.75 Å². The molecule has 0 radical (unpaired) electrons. The van der Waals surface area contributed by atoms with Crippen molar-refractivity contribution in [2.75, 3.05) is 0 Å². The van der Waals surface area contributed by atoms with Crippen LogP contribution in [0.1, 0.15) is 31.4 Å². The Morgan fingerprint density at radius 3 is 2.36 bits per heavy atom. The zero-order valence-corrected chi connectivity index (χ0v) is 13.1. The molecule has 0 aliphatic heterocycles. The minimum absolute atomic E-state index is 0.0983. The van der Waals surface area contributed by atoms with E-state index in [4.69, 9.17) is 4.74 Å². The smallest absolute Gasteiger partial charge is 0.261 e. The first kappa shape index (κ1) is 16.0. The summed E-state index contributed by atoms with van der Waals surface area (Å²) in [5, 5.41) is 2.90. The Kier molecular flexibility index (Phi) is 5.95. The highest BCUT2D eigenvalue weighted by atomic mass is 16.5. The van der Waals surface area contributed by atoms with Gasteiger partial charge >= 0.3 is 0 Å². The Morgan fingerprint density at radius 2 is 1.77 bits per heavy atom. The van der Waals surface area contributed by atoms with E-state index in [1.54, 1.807) is 12.4 Å². The second-order valence-corrected chi connectivity index (χ2v) is 5.09. The number of ether oxygens (including phenoxy) is 1. The number of amides is 1. The van der Waals surface area contributed by atoms with Gasteiger partial charge in [-0.25, -0.2) is 0 Å². The van der Waals surface area contributed by atoms with Gasteiger partial charge in [-0.3, -0.25) is 9.78 Å². The van der Waals surface area contributed by atoms with E-state index in [0.717, 1.165) is 17.7 Å². The maximum absolute atomic E-state index is 12.2. The van der Waals surface area contributed by atoms with Crippen LogP contribution in [0.2, 0.25) is 0 Å². The lowest BCUT2D eigenvalue weighted by atomic mass is 10.1. The number of rotatable bonds is 7. The van der Waals surface area contributed by atoms with Crippen molar-refractivity contribution in [1.82, 2.24) is 10.3 Å². The standard InChI is InChI=1S/C18H22N2O2/c1-3-14-5-7-16(8-6-14)22-17(4-2)18(21)20-13-15-9-11-19-12-10-15/h5-12,17H,3-4,13H2,1-2H3,(H,20,21). The third kappa shape index (κ3) is 4.58. The Balaban J connectivity index is 1.90. The summed E-state index contributed by atoms with van der Waals surface area (Å²) in [5.41, 5.74) is 2.27. The van der Waals surface area contributed by atoms with Gasteiger partial charge in [0.2, 0.25) is 0 Å². The highest BCUT2D eigenvalue weighted by molar-refractivity contribution is 5.81. The molecule has 1 aromatic heterocycles. The number of hydrogen-bond acceptors (Lipinski definition) is 3. The molecular weight excluding hydrogens is 276 g/mol. The lowest BCUT2D eigenvalue weighted by Gasteiger charge is -2.17. The van der Waals surface area contributed by atoms with Crippen LogP contribution in [0.3, 0.4) is 0 Å². The molecule has 22 heavy (non-hydrogen) atoms. The summed E-state index contributed by atoms with van der Waals surface area (Å²) in [5.74, 6) is 0.627. The summed E-state index contributed by atoms with van der Waals surface area (Å²) in [4.78, 5) is 16.2. The summed E-state index contributed by atoms with van der Waals surface area (Å²) >= 11 is 0. The van der Waals surface area contributed by atoms with Crippen LogP contribution in [0.25, 0.3) is 0 Å². The molecule has 1 heterocycles. The van der Waals surface area contributed by atoms with Crippen molar-refractivity contribution >= 4 is 5.91 Å². The molecule has 4 heteroatoms. The van der Waals surface area contributed by atoms with E-state index in [-0.39, 0.29) is 5.91 Å². The molecule has 4 nitrogen and oxygen atoms in total. The number of benzene rings is 1. The SMILES string of the molecule is CCc1ccc(OC(CC)C(=O)NCc2ccncc2)cc1. The summed E-state index contributed by atoms with van der Waals surface area (Å²) in [7, 11) is 0. The molecule has 1 aromatic carbocycles. The van der Waals surface area contributed by atoms with Crippen molar-refractivity contribution in [3.8, 4) is 5.75 Å². The van der Waals surface area contributed by atoms with Gasteiger partial charge in [-0.2, -0.15) is 0 Å². The monoisotopic (exact) mass is 298 g/mol. The topological polar surface area (TPSA) is 51.2 Å². The van der Waals surface area contributed by atoms with Crippen LogP contribution in [-0.4, -0.2) is 17.0 Å². The number of carbonyl (C=O) groups is 1. The first-order valence-electron chi connectivity index (χ1n) is 7.65. The van der Waals surface area contributed by atoms with Crippen LogP contribution < -0.4 is 10.1 Å². The molecule has 1 N–H and O–H groups in total. The number of aryl methyl sites for hydroxylation is 1. The minimum atomic E-state index is -0.477. The fourth-order valence-corrected chi connectivity index (χ4v) is 2.09. The summed E-state index contributed by atoms with van der Waals surface area (Å²) in [6, 6.07) is 11.6. The molecule has 116 valence electrons. The van der Waals surface area contributed by atoms with Crippen molar-refractivity contribution in [2.24, 2.45) is 0 Å². The minimum Gasteiger partial charge on any atom is -0.481 e. The molecule has 0 aliphatic carbocycles. The third-order valence-electron chi connectivity index (χ3n) is 3.49. The van der Waals surface area contributed by atoms with Crippen LogP contribution in [0, 0.1) is 0 Å². The van der Waals surface area contributed by atoms with Gasteiger partial charge in [0.15, 0.2) is 6.10 Å². The third-order valence-corrected chi connectivity index (χ3v) is 3.49. The molecule has 0 aliphatic rings. The van der Waals surface area contributed by atoms with E-state index in [1.165, 1.54) is 5.56 Å². The molecule has 0 spiro atoms. The van der Waals surface area contributed by atoms with Crippen LogP contribution in [0.4, 0.5) is 0 Å². The van der Waals surface area contributed by atoms with Crippen molar-refractivity contribution in [1.29, 1.82) is 0 Å². The van der Waals surface area contributed by atoms with Crippen molar-refractivity contribution in [2.45, 2.75) is 39.3 Å². The molecule has 1 amide bonds. The highest BCUT2D eigenvalue weighted by Gasteiger charge is 2.17. The van der Waals surface area contributed by atoms with E-state index >= 15 is 0 Å². The van der Waals surface area contributed by atoms with E-state index in [0.29, 0.717) is 13.0 Å². The van der Waals surface area contributed by atoms with E-state index in [9.17, 15) is 4.79 Å². The fourth-order valence-electron chi connectivity index (χ4n) is 2.09. The van der Waals surface area contributed by atoms with Gasteiger partial charge in [-0.1, -0.05) is 26.0 Å². The predicted molar refractivity (Wildman–Crippen MR) is 86.6 cm³/mol. The van der Waals surface area contributed by atoms with Gasteiger partial charge < -0.3 is 10.1 Å². The predicted octanol–water partition coefficient (Wildman–Crippen LogP) is 3.12. The maximum atomic E-state index is 12.2. The number of nitrogens with zero attached hydrogens (tertiary/aromatic N) is 1. The lowest BCUT2D eigenvalue weighted by molar-refractivity contribution is -0.128. The Bertz CT molecular complexity index is 582. The van der Waals surface area contributed by atoms with Gasteiger partial charge in [0.25, 0.3) is 5.91 Å². The number of carbonyl (C=O) groups excluding carboxylic acids is 1. The summed E-state index contributed by atoms with van der Waals surface area (Å²) in [6.45, 7) is 4.53. The van der Waals surface area contributed by atoms with Crippen molar-refractivity contribution in [3.63, 3.8) is 0 Å². The maximum Gasteiger partial charge on any atom is 0.261 e. The zero-order chi connectivity index (χ0) is 15.8. The number of pyridine rings is 1. The molecule has 0 fully saturated rings. The zero-order valence-electron chi connectivity index (χ0n) is 13.1. The first-order valence-corrected chi connectivity index (χ1v) is 7.65. The quantitative estimate of drug-likeness (QED) is 0.854. The Morgan fingerprint density at radius 1 is 1.09 bits per heavy atom. The van der Waals surface area contributed by atoms with E-state index in [1.807, 2.05) is 43.3 Å². The molecule has 1 atom stereocenters. The molecular formula is C18H22N2O2. The second-order valence-electron chi connectivity index (χ2n) is 5.09. The Labute approximate surface area is 131 Å². The van der Waals surface area contributed by atoms with Gasteiger partial charge in [-0.05, 0) is 48.2 Å². The van der Waals surface area contributed by atoms with Crippen molar-refractivity contribution < 1.29 is 9.53 Å².